The first-order valence-electron chi connectivity index (χ1n) is 5.31. The standard InChI is InChI=1S/C11H13NO3/c1-4(2)5-3-6-7-8(9(5)15-6)11(14)12-10(7)13/h3-4,6-9H,1-2H3,(H,12,13,14). The van der Waals surface area contributed by atoms with Gasteiger partial charge in [0.1, 0.15) is 0 Å². The lowest BCUT2D eigenvalue weighted by atomic mass is 9.78. The van der Waals surface area contributed by atoms with Crippen LogP contribution in [-0.4, -0.2) is 24.0 Å². The van der Waals surface area contributed by atoms with Crippen molar-refractivity contribution in [2.45, 2.75) is 26.1 Å². The van der Waals surface area contributed by atoms with Crippen LogP contribution in [0.5, 0.6) is 0 Å². The molecule has 3 rings (SSSR count). The molecule has 0 aromatic heterocycles. The van der Waals surface area contributed by atoms with Crippen molar-refractivity contribution in [3.05, 3.63) is 11.6 Å². The van der Waals surface area contributed by atoms with Crippen LogP contribution in [0.2, 0.25) is 0 Å². The molecule has 0 aromatic rings. The summed E-state index contributed by atoms with van der Waals surface area (Å²) < 4.78 is 5.68. The number of carbonyl (C=O) groups is 2. The number of fused-ring (bicyclic) bond motifs is 5. The summed E-state index contributed by atoms with van der Waals surface area (Å²) in [6, 6.07) is 0. The maximum atomic E-state index is 11.6. The van der Waals surface area contributed by atoms with Crippen molar-refractivity contribution < 1.29 is 14.3 Å². The van der Waals surface area contributed by atoms with E-state index in [1.165, 1.54) is 5.57 Å². The second-order valence-corrected chi connectivity index (χ2v) is 4.75. The number of ether oxygens (including phenoxy) is 1. The summed E-state index contributed by atoms with van der Waals surface area (Å²) in [4.78, 5) is 23.1. The highest BCUT2D eigenvalue weighted by Gasteiger charge is 2.59. The van der Waals surface area contributed by atoms with Gasteiger partial charge >= 0.3 is 0 Å². The van der Waals surface area contributed by atoms with Gasteiger partial charge in [-0.2, -0.15) is 0 Å². The Labute approximate surface area is 87.7 Å². The van der Waals surface area contributed by atoms with Crippen molar-refractivity contribution in [3.63, 3.8) is 0 Å². The van der Waals surface area contributed by atoms with Crippen LogP contribution >= 0.6 is 0 Å². The molecule has 4 unspecified atom stereocenters. The quantitative estimate of drug-likeness (QED) is 0.495. The van der Waals surface area contributed by atoms with Crippen LogP contribution in [0.4, 0.5) is 0 Å². The molecule has 4 nitrogen and oxygen atoms in total. The third-order valence-corrected chi connectivity index (χ3v) is 3.57. The topological polar surface area (TPSA) is 55.4 Å². The van der Waals surface area contributed by atoms with Crippen LogP contribution in [-0.2, 0) is 14.3 Å². The van der Waals surface area contributed by atoms with Gasteiger partial charge in [0.05, 0.1) is 24.0 Å². The van der Waals surface area contributed by atoms with Gasteiger partial charge in [0.25, 0.3) is 0 Å². The van der Waals surface area contributed by atoms with E-state index in [0.717, 1.165) is 0 Å². The lowest BCUT2D eigenvalue weighted by molar-refractivity contribution is -0.128. The number of amides is 2. The Kier molecular flexibility index (Phi) is 1.63. The van der Waals surface area contributed by atoms with Crippen LogP contribution in [0.25, 0.3) is 0 Å². The molecule has 15 heavy (non-hydrogen) atoms. The van der Waals surface area contributed by atoms with Gasteiger partial charge in [-0.15, -0.1) is 0 Å². The van der Waals surface area contributed by atoms with E-state index in [0.29, 0.717) is 5.92 Å². The zero-order valence-electron chi connectivity index (χ0n) is 8.69. The Bertz CT molecular complexity index is 385. The summed E-state index contributed by atoms with van der Waals surface area (Å²) in [5.74, 6) is -0.500. The van der Waals surface area contributed by atoms with E-state index in [1.54, 1.807) is 0 Å². The van der Waals surface area contributed by atoms with Gasteiger partial charge < -0.3 is 4.74 Å². The minimum Gasteiger partial charge on any atom is -0.365 e. The average Bonchev–Trinajstić information content (AvgIpc) is 2.77. The lowest BCUT2D eigenvalue weighted by Gasteiger charge is -2.20. The van der Waals surface area contributed by atoms with Gasteiger partial charge in [-0.05, 0) is 11.5 Å². The zero-order chi connectivity index (χ0) is 10.7. The molecular weight excluding hydrogens is 194 g/mol. The smallest absolute Gasteiger partial charge is 0.233 e. The maximum absolute atomic E-state index is 11.6. The molecule has 0 spiro atoms. The normalized spacial score (nSPS) is 42.2. The highest BCUT2D eigenvalue weighted by Crippen LogP contribution is 2.47. The molecular formula is C11H13NO3. The van der Waals surface area contributed by atoms with E-state index >= 15 is 0 Å². The summed E-state index contributed by atoms with van der Waals surface area (Å²) in [5, 5.41) is 2.39. The van der Waals surface area contributed by atoms with E-state index in [2.05, 4.69) is 19.2 Å². The molecule has 80 valence electrons. The second-order valence-electron chi connectivity index (χ2n) is 4.75. The monoisotopic (exact) mass is 207 g/mol. The zero-order valence-corrected chi connectivity index (χ0v) is 8.69. The fourth-order valence-corrected chi connectivity index (χ4v) is 2.87. The van der Waals surface area contributed by atoms with Crippen LogP contribution in [0.15, 0.2) is 11.6 Å². The second kappa shape index (κ2) is 2.70. The molecule has 0 aromatic carbocycles. The Hall–Kier alpha value is -1.16. The number of rotatable bonds is 1. The minimum atomic E-state index is -0.273. The molecule has 4 heteroatoms. The van der Waals surface area contributed by atoms with Crippen molar-refractivity contribution in [3.8, 4) is 0 Å². The predicted molar refractivity (Wildman–Crippen MR) is 51.7 cm³/mol. The number of hydrogen-bond acceptors (Lipinski definition) is 3. The fraction of sp³-hybridized carbons (Fsp3) is 0.636. The lowest BCUT2D eigenvalue weighted by Crippen LogP contribution is -2.31. The molecule has 2 bridgehead atoms. The fourth-order valence-electron chi connectivity index (χ4n) is 2.87. The SMILES string of the molecule is CC(C)C1=CC2OC1C1C(=O)NC(=O)C21. The largest absolute Gasteiger partial charge is 0.365 e. The predicted octanol–water partition coefficient (Wildman–Crippen LogP) is 0.239. The number of carbonyl (C=O) groups excluding carboxylic acids is 2. The van der Waals surface area contributed by atoms with Crippen LogP contribution in [0.3, 0.4) is 0 Å². The summed E-state index contributed by atoms with van der Waals surface area (Å²) in [5.41, 5.74) is 1.17. The van der Waals surface area contributed by atoms with Crippen molar-refractivity contribution in [2.75, 3.05) is 0 Å². The summed E-state index contributed by atoms with van der Waals surface area (Å²) in [7, 11) is 0. The summed E-state index contributed by atoms with van der Waals surface area (Å²) in [6.45, 7) is 4.17. The molecule has 3 heterocycles. The van der Waals surface area contributed by atoms with Crippen LogP contribution in [0.1, 0.15) is 13.8 Å². The Morgan fingerprint density at radius 3 is 2.60 bits per heavy atom. The highest BCUT2D eigenvalue weighted by atomic mass is 16.5. The molecule has 3 aliphatic heterocycles. The maximum Gasteiger partial charge on any atom is 0.233 e. The summed E-state index contributed by atoms with van der Waals surface area (Å²) in [6.07, 6.45) is 1.68. The number of nitrogens with one attached hydrogen (secondary N) is 1. The van der Waals surface area contributed by atoms with E-state index in [9.17, 15) is 9.59 Å². The number of hydrogen-bond donors (Lipinski definition) is 1. The van der Waals surface area contributed by atoms with Gasteiger partial charge in [-0.3, -0.25) is 14.9 Å². The third-order valence-electron chi connectivity index (χ3n) is 3.57. The minimum absolute atomic E-state index is 0.161. The van der Waals surface area contributed by atoms with Crippen molar-refractivity contribution in [1.82, 2.24) is 5.32 Å². The van der Waals surface area contributed by atoms with Crippen LogP contribution in [0, 0.1) is 17.8 Å². The average molecular weight is 207 g/mol. The first-order valence-corrected chi connectivity index (χ1v) is 5.31. The Morgan fingerprint density at radius 2 is 1.93 bits per heavy atom. The first-order chi connectivity index (χ1) is 7.09. The Balaban J connectivity index is 2.00. The van der Waals surface area contributed by atoms with E-state index in [4.69, 9.17) is 4.74 Å². The first kappa shape index (κ1) is 9.09. The molecule has 0 saturated carbocycles. The molecule has 2 saturated heterocycles. The molecule has 0 aliphatic carbocycles. The van der Waals surface area contributed by atoms with Gasteiger partial charge in [-0.1, -0.05) is 19.9 Å². The molecule has 1 N–H and O–H groups in total. The van der Waals surface area contributed by atoms with Crippen LogP contribution < -0.4 is 5.32 Å². The van der Waals surface area contributed by atoms with Gasteiger partial charge in [0, 0.05) is 0 Å². The molecule has 2 amide bonds. The highest BCUT2D eigenvalue weighted by molar-refractivity contribution is 6.06. The van der Waals surface area contributed by atoms with Crippen molar-refractivity contribution >= 4 is 11.8 Å². The molecule has 4 atom stereocenters. The summed E-state index contributed by atoms with van der Waals surface area (Å²) >= 11 is 0. The molecule has 3 aliphatic rings. The van der Waals surface area contributed by atoms with Crippen molar-refractivity contribution in [2.24, 2.45) is 17.8 Å². The number of imide groups is 1. The van der Waals surface area contributed by atoms with Gasteiger partial charge in [0.15, 0.2) is 0 Å². The van der Waals surface area contributed by atoms with Gasteiger partial charge in [0.2, 0.25) is 11.8 Å². The van der Waals surface area contributed by atoms with E-state index in [-0.39, 0.29) is 35.9 Å². The van der Waals surface area contributed by atoms with Gasteiger partial charge in [-0.25, -0.2) is 0 Å². The van der Waals surface area contributed by atoms with E-state index in [1.807, 2.05) is 6.08 Å². The third kappa shape index (κ3) is 1.00. The molecule has 2 fully saturated rings. The Morgan fingerprint density at radius 1 is 1.27 bits per heavy atom. The van der Waals surface area contributed by atoms with E-state index < -0.39 is 0 Å². The van der Waals surface area contributed by atoms with Crippen molar-refractivity contribution in [1.29, 1.82) is 0 Å². The molecule has 0 radical (unpaired) electrons.